The number of pyridine rings is 1. The molecule has 0 saturated carbocycles. The molecule has 0 aliphatic carbocycles. The van der Waals surface area contributed by atoms with E-state index in [1.807, 2.05) is 0 Å². The lowest BCUT2D eigenvalue weighted by molar-refractivity contribution is -0.128. The van der Waals surface area contributed by atoms with Crippen LogP contribution in [0, 0.1) is 0 Å². The monoisotopic (exact) mass is 601 g/mol. The van der Waals surface area contributed by atoms with Gasteiger partial charge in [0.25, 0.3) is 26.5 Å². The van der Waals surface area contributed by atoms with E-state index in [-0.39, 0.29) is 40.1 Å². The summed E-state index contributed by atoms with van der Waals surface area (Å²) >= 11 is 5.92. The van der Waals surface area contributed by atoms with Crippen molar-refractivity contribution in [2.75, 3.05) is 21.9 Å². The fraction of sp³-hybridized carbons (Fsp3) is 0.148. The molecule has 0 N–H and O–H groups in total. The van der Waals surface area contributed by atoms with Gasteiger partial charge in [-0.1, -0.05) is 48.0 Å². The Labute approximate surface area is 236 Å². The maximum absolute atomic E-state index is 13.7. The van der Waals surface area contributed by atoms with Crippen LogP contribution >= 0.6 is 11.6 Å². The molecule has 13 heteroatoms. The van der Waals surface area contributed by atoms with Gasteiger partial charge in [0.15, 0.2) is 18.3 Å². The molecular weight excluding hydrogens is 578 g/mol. The number of Topliss-reactive ketones (excluding diaryl/α,β-unsaturated/α-hetero) is 1. The fourth-order valence-corrected chi connectivity index (χ4v) is 7.01. The number of anilines is 2. The van der Waals surface area contributed by atoms with Gasteiger partial charge in [0, 0.05) is 27.9 Å². The van der Waals surface area contributed by atoms with E-state index in [0.717, 1.165) is 8.61 Å². The summed E-state index contributed by atoms with van der Waals surface area (Å²) in [6, 6.07) is 17.6. The van der Waals surface area contributed by atoms with E-state index in [1.54, 1.807) is 31.2 Å². The molecule has 0 amide bonds. The molecule has 0 radical (unpaired) electrons. The standard InChI is InChI=1S/C27H24ClN3O7S2/c1-3-30(39(34,35)22-12-8-20(9-13-22)19(2)33)26-16-29-27(25-7-5-4-6-24(25)26)31(17-38-18-32)40(36,37)23-14-10-21(28)11-15-23/h4-16,18H,3,17H2,1-2H3. The summed E-state index contributed by atoms with van der Waals surface area (Å²) in [5, 5.41) is 1.02. The van der Waals surface area contributed by atoms with Crippen LogP contribution in [0.4, 0.5) is 11.5 Å². The van der Waals surface area contributed by atoms with Gasteiger partial charge in [0.2, 0.25) is 0 Å². The molecule has 0 bridgehead atoms. The highest BCUT2D eigenvalue weighted by atomic mass is 35.5. The molecule has 0 aliphatic heterocycles. The number of aromatic nitrogens is 1. The Morgan fingerprint density at radius 1 is 0.875 bits per heavy atom. The van der Waals surface area contributed by atoms with Crippen molar-refractivity contribution < 1.29 is 31.2 Å². The molecule has 0 fully saturated rings. The van der Waals surface area contributed by atoms with E-state index >= 15 is 0 Å². The van der Waals surface area contributed by atoms with E-state index in [9.17, 15) is 26.4 Å². The first-order valence-electron chi connectivity index (χ1n) is 11.9. The third kappa shape index (κ3) is 5.51. The number of carbonyl (C=O) groups excluding carboxylic acids is 2. The first kappa shape index (κ1) is 29.0. The lowest BCUT2D eigenvalue weighted by Crippen LogP contribution is -2.35. The Morgan fingerprint density at radius 2 is 1.43 bits per heavy atom. The number of nitrogens with zero attached hydrogens (tertiary/aromatic N) is 3. The molecule has 0 aliphatic rings. The molecule has 0 saturated heterocycles. The molecule has 208 valence electrons. The first-order valence-corrected chi connectivity index (χ1v) is 15.1. The largest absolute Gasteiger partial charge is 0.445 e. The predicted molar refractivity (Wildman–Crippen MR) is 152 cm³/mol. The Hall–Kier alpha value is -4.00. The van der Waals surface area contributed by atoms with Gasteiger partial charge in [0.1, 0.15) is 0 Å². The van der Waals surface area contributed by atoms with Crippen LogP contribution in [0.2, 0.25) is 5.02 Å². The fourth-order valence-electron chi connectivity index (χ4n) is 4.10. The van der Waals surface area contributed by atoms with Crippen LogP contribution in [0.3, 0.4) is 0 Å². The van der Waals surface area contributed by atoms with Gasteiger partial charge in [-0.15, -0.1) is 0 Å². The van der Waals surface area contributed by atoms with Gasteiger partial charge < -0.3 is 4.74 Å². The second kappa shape index (κ2) is 11.6. The number of halogens is 1. The van der Waals surface area contributed by atoms with Gasteiger partial charge >= 0.3 is 0 Å². The number of hydrogen-bond donors (Lipinski definition) is 0. The maximum atomic E-state index is 13.7. The van der Waals surface area contributed by atoms with Crippen molar-refractivity contribution in [1.82, 2.24) is 4.98 Å². The van der Waals surface area contributed by atoms with E-state index in [4.69, 9.17) is 16.3 Å². The molecular formula is C27H24ClN3O7S2. The molecule has 0 unspecified atom stereocenters. The number of rotatable bonds is 11. The van der Waals surface area contributed by atoms with Crippen molar-refractivity contribution in [2.24, 2.45) is 0 Å². The Balaban J connectivity index is 1.87. The summed E-state index contributed by atoms with van der Waals surface area (Å²) in [7, 11) is -8.38. The van der Waals surface area contributed by atoms with Crippen molar-refractivity contribution in [3.63, 3.8) is 0 Å². The minimum absolute atomic E-state index is 0.0289. The number of sulfonamides is 2. The van der Waals surface area contributed by atoms with Gasteiger partial charge in [-0.25, -0.2) is 26.1 Å². The number of hydrogen-bond acceptors (Lipinski definition) is 8. The normalized spacial score (nSPS) is 11.7. The molecule has 3 aromatic carbocycles. The summed E-state index contributed by atoms with van der Waals surface area (Å²) in [4.78, 5) is 26.9. The van der Waals surface area contributed by atoms with Crippen LogP contribution in [0.1, 0.15) is 24.2 Å². The Kier molecular flexibility index (Phi) is 8.43. The molecule has 0 atom stereocenters. The zero-order chi connectivity index (χ0) is 29.1. The minimum atomic E-state index is -4.29. The molecule has 40 heavy (non-hydrogen) atoms. The lowest BCUT2D eigenvalue weighted by Gasteiger charge is -2.27. The Morgan fingerprint density at radius 3 is 1.98 bits per heavy atom. The summed E-state index contributed by atoms with van der Waals surface area (Å²) in [5.41, 5.74) is 0.579. The van der Waals surface area contributed by atoms with E-state index in [2.05, 4.69) is 4.98 Å². The SMILES string of the molecule is CCN(c1cnc(N(COC=O)S(=O)(=O)c2ccc(Cl)cc2)c2ccccc12)S(=O)(=O)c1ccc(C(C)=O)cc1. The molecule has 0 spiro atoms. The van der Waals surface area contributed by atoms with Crippen molar-refractivity contribution in [1.29, 1.82) is 0 Å². The minimum Gasteiger partial charge on any atom is -0.445 e. The van der Waals surface area contributed by atoms with Gasteiger partial charge in [-0.2, -0.15) is 0 Å². The molecule has 1 heterocycles. The van der Waals surface area contributed by atoms with Crippen LogP contribution in [0.5, 0.6) is 0 Å². The van der Waals surface area contributed by atoms with Gasteiger partial charge in [-0.3, -0.25) is 13.9 Å². The summed E-state index contributed by atoms with van der Waals surface area (Å²) < 4.78 is 61.3. The van der Waals surface area contributed by atoms with Crippen LogP contribution < -0.4 is 8.61 Å². The van der Waals surface area contributed by atoms with Crippen molar-refractivity contribution >= 4 is 66.2 Å². The number of ketones is 1. The summed E-state index contributed by atoms with van der Waals surface area (Å²) in [5.74, 6) is -0.269. The van der Waals surface area contributed by atoms with Crippen molar-refractivity contribution in [2.45, 2.75) is 23.6 Å². The number of carbonyl (C=O) groups is 2. The summed E-state index contributed by atoms with van der Waals surface area (Å²) in [6.45, 7) is 2.51. The van der Waals surface area contributed by atoms with E-state index in [1.165, 1.54) is 61.7 Å². The zero-order valence-corrected chi connectivity index (χ0v) is 23.8. The molecule has 4 rings (SSSR count). The lowest BCUT2D eigenvalue weighted by atomic mass is 10.1. The summed E-state index contributed by atoms with van der Waals surface area (Å²) in [6.07, 6.45) is 1.26. The van der Waals surface area contributed by atoms with Crippen LogP contribution in [0.15, 0.2) is 88.8 Å². The number of fused-ring (bicyclic) bond motifs is 1. The van der Waals surface area contributed by atoms with Crippen molar-refractivity contribution in [3.05, 3.63) is 89.6 Å². The van der Waals surface area contributed by atoms with Crippen molar-refractivity contribution in [3.8, 4) is 0 Å². The zero-order valence-electron chi connectivity index (χ0n) is 21.4. The smallest absolute Gasteiger partial charge is 0.294 e. The highest BCUT2D eigenvalue weighted by Gasteiger charge is 2.31. The average molecular weight is 602 g/mol. The van der Waals surface area contributed by atoms with Gasteiger partial charge in [-0.05, 0) is 50.2 Å². The first-order chi connectivity index (χ1) is 19.0. The average Bonchev–Trinajstić information content (AvgIpc) is 2.94. The predicted octanol–water partition coefficient (Wildman–Crippen LogP) is 4.63. The topological polar surface area (TPSA) is 131 Å². The quantitative estimate of drug-likeness (QED) is 0.138. The van der Waals surface area contributed by atoms with Gasteiger partial charge in [0.05, 0.1) is 21.7 Å². The number of benzene rings is 3. The van der Waals surface area contributed by atoms with E-state index in [0.29, 0.717) is 21.4 Å². The molecule has 4 aromatic rings. The van der Waals surface area contributed by atoms with E-state index < -0.39 is 26.8 Å². The Bertz CT molecular complexity index is 1780. The molecule has 1 aromatic heterocycles. The second-order valence-corrected chi connectivity index (χ2v) is 12.6. The van der Waals surface area contributed by atoms with Crippen LogP contribution in [0.25, 0.3) is 10.8 Å². The maximum Gasteiger partial charge on any atom is 0.294 e. The van der Waals surface area contributed by atoms with Crippen LogP contribution in [-0.4, -0.2) is 47.4 Å². The third-order valence-corrected chi connectivity index (χ3v) is 9.94. The van der Waals surface area contributed by atoms with Crippen LogP contribution in [-0.2, 0) is 29.6 Å². The second-order valence-electron chi connectivity index (χ2n) is 8.46. The third-order valence-electron chi connectivity index (χ3n) is 6.06. The molecule has 10 nitrogen and oxygen atoms in total. The number of ether oxygens (including phenoxy) is 1. The highest BCUT2D eigenvalue weighted by Crippen LogP contribution is 2.36. The highest BCUT2D eigenvalue weighted by molar-refractivity contribution is 7.93.